The average Bonchev–Trinajstić information content (AvgIpc) is 2.57. The molecule has 0 radical (unpaired) electrons. The topological polar surface area (TPSA) is 70.1 Å². The summed E-state index contributed by atoms with van der Waals surface area (Å²) in [5.41, 5.74) is 6.43. The number of carbonyl (C=O) groups is 1. The molecule has 2 N–H and O–H groups in total. The van der Waals surface area contributed by atoms with Crippen molar-refractivity contribution in [3.63, 3.8) is 0 Å². The molecule has 1 aromatic heterocycles. The quantitative estimate of drug-likeness (QED) is 0.833. The van der Waals surface area contributed by atoms with E-state index in [2.05, 4.69) is 11.9 Å². The van der Waals surface area contributed by atoms with E-state index in [0.717, 1.165) is 25.1 Å². The van der Waals surface area contributed by atoms with Gasteiger partial charge in [-0.2, -0.15) is 0 Å². The van der Waals surface area contributed by atoms with Gasteiger partial charge in [0, 0.05) is 5.54 Å². The molecule has 0 amide bonds. The van der Waals surface area contributed by atoms with Crippen LogP contribution in [0, 0.1) is 6.92 Å². The molecule has 0 aromatic carbocycles. The maximum absolute atomic E-state index is 11.8. The van der Waals surface area contributed by atoms with Gasteiger partial charge in [0.25, 0.3) is 0 Å². The van der Waals surface area contributed by atoms with Gasteiger partial charge in [0.1, 0.15) is 11.6 Å². The number of hydrogen-bond donors (Lipinski definition) is 1. The van der Waals surface area contributed by atoms with Crippen LogP contribution in [0.2, 0.25) is 0 Å². The Morgan fingerprint density at radius 2 is 2.17 bits per heavy atom. The highest BCUT2D eigenvalue weighted by atomic mass is 16.5. The molecule has 0 unspecified atom stereocenters. The van der Waals surface area contributed by atoms with Gasteiger partial charge in [-0.1, -0.05) is 6.92 Å². The molecule has 0 aliphatic heterocycles. The van der Waals surface area contributed by atoms with Gasteiger partial charge in [-0.15, -0.1) is 0 Å². The summed E-state index contributed by atoms with van der Waals surface area (Å²) in [4.78, 5) is 16.1. The van der Waals surface area contributed by atoms with E-state index in [0.29, 0.717) is 12.4 Å². The second kappa shape index (κ2) is 4.63. The first kappa shape index (κ1) is 12.9. The van der Waals surface area contributed by atoms with Crippen molar-refractivity contribution in [2.45, 2.75) is 52.0 Å². The maximum atomic E-state index is 11.8. The number of ether oxygens (including phenoxy) is 1. The van der Waals surface area contributed by atoms with Crippen molar-refractivity contribution >= 4 is 11.8 Å². The normalized spacial score (nSPS) is 17.3. The highest BCUT2D eigenvalue weighted by Crippen LogP contribution is 2.44. The Labute approximate surface area is 107 Å². The van der Waals surface area contributed by atoms with E-state index in [1.165, 1.54) is 6.42 Å². The van der Waals surface area contributed by atoms with Gasteiger partial charge in [0.15, 0.2) is 5.69 Å². The smallest absolute Gasteiger partial charge is 0.360 e. The Kier molecular flexibility index (Phi) is 3.32. The van der Waals surface area contributed by atoms with E-state index in [4.69, 9.17) is 10.5 Å². The number of aromatic nitrogens is 2. The Balaban J connectivity index is 2.41. The third kappa shape index (κ3) is 1.78. The van der Waals surface area contributed by atoms with Crippen LogP contribution < -0.4 is 5.73 Å². The predicted octanol–water partition coefficient (Wildman–Crippen LogP) is 2.24. The number of carbonyl (C=O) groups excluding carboxylic acids is 1. The lowest BCUT2D eigenvalue weighted by atomic mass is 9.74. The van der Waals surface area contributed by atoms with E-state index in [-0.39, 0.29) is 11.2 Å². The predicted molar refractivity (Wildman–Crippen MR) is 69.4 cm³/mol. The van der Waals surface area contributed by atoms with Crippen LogP contribution in [0.1, 0.15) is 55.8 Å². The molecular formula is C13H21N3O2. The number of imidazole rings is 1. The van der Waals surface area contributed by atoms with Crippen LogP contribution in [0.4, 0.5) is 5.82 Å². The van der Waals surface area contributed by atoms with Crippen molar-refractivity contribution in [2.75, 3.05) is 12.3 Å². The minimum atomic E-state index is -0.428. The van der Waals surface area contributed by atoms with Gasteiger partial charge in [-0.05, 0) is 39.5 Å². The number of nitrogen functional groups attached to an aromatic ring is 1. The van der Waals surface area contributed by atoms with Gasteiger partial charge < -0.3 is 15.0 Å². The summed E-state index contributed by atoms with van der Waals surface area (Å²) in [6, 6.07) is 0. The number of nitrogens with zero attached hydrogens (tertiary/aromatic N) is 2. The van der Waals surface area contributed by atoms with Crippen LogP contribution in [0.3, 0.4) is 0 Å². The zero-order chi connectivity index (χ0) is 13.3. The number of rotatable bonds is 4. The summed E-state index contributed by atoms with van der Waals surface area (Å²) < 4.78 is 7.01. The molecule has 2 rings (SSSR count). The molecule has 1 saturated carbocycles. The van der Waals surface area contributed by atoms with Crippen molar-refractivity contribution in [3.8, 4) is 0 Å². The first-order valence-electron chi connectivity index (χ1n) is 6.58. The molecule has 0 bridgehead atoms. The molecule has 0 spiro atoms. The lowest BCUT2D eigenvalue weighted by molar-refractivity contribution is 0.0521. The van der Waals surface area contributed by atoms with Crippen molar-refractivity contribution in [2.24, 2.45) is 0 Å². The van der Waals surface area contributed by atoms with Crippen LogP contribution in [-0.4, -0.2) is 22.1 Å². The van der Waals surface area contributed by atoms with Crippen LogP contribution in [0.5, 0.6) is 0 Å². The molecule has 1 heterocycles. The molecule has 1 fully saturated rings. The highest BCUT2D eigenvalue weighted by molar-refractivity contribution is 5.92. The summed E-state index contributed by atoms with van der Waals surface area (Å²) in [5.74, 6) is 0.826. The first-order chi connectivity index (χ1) is 8.55. The molecule has 0 saturated heterocycles. The largest absolute Gasteiger partial charge is 0.461 e. The molecule has 100 valence electrons. The summed E-state index contributed by atoms with van der Waals surface area (Å²) >= 11 is 0. The molecule has 5 heteroatoms. The van der Waals surface area contributed by atoms with E-state index in [9.17, 15) is 4.79 Å². The van der Waals surface area contributed by atoms with Crippen LogP contribution >= 0.6 is 0 Å². The van der Waals surface area contributed by atoms with Gasteiger partial charge in [0.05, 0.1) is 6.61 Å². The maximum Gasteiger partial charge on any atom is 0.360 e. The zero-order valence-corrected chi connectivity index (χ0v) is 11.3. The van der Waals surface area contributed by atoms with Gasteiger partial charge in [0.2, 0.25) is 0 Å². The fraction of sp³-hybridized carbons (Fsp3) is 0.692. The minimum Gasteiger partial charge on any atom is -0.461 e. The Hall–Kier alpha value is -1.52. The Morgan fingerprint density at radius 3 is 2.61 bits per heavy atom. The van der Waals surface area contributed by atoms with Gasteiger partial charge >= 0.3 is 5.97 Å². The fourth-order valence-electron chi connectivity index (χ4n) is 2.82. The first-order valence-corrected chi connectivity index (χ1v) is 6.58. The molecule has 1 aromatic rings. The van der Waals surface area contributed by atoms with Crippen molar-refractivity contribution in [3.05, 3.63) is 11.5 Å². The van der Waals surface area contributed by atoms with E-state index in [1.54, 1.807) is 6.92 Å². The van der Waals surface area contributed by atoms with Crippen molar-refractivity contribution in [1.82, 2.24) is 9.55 Å². The number of hydrogen-bond acceptors (Lipinski definition) is 4. The van der Waals surface area contributed by atoms with Crippen LogP contribution in [-0.2, 0) is 10.3 Å². The van der Waals surface area contributed by atoms with E-state index < -0.39 is 5.97 Å². The lowest BCUT2D eigenvalue weighted by Gasteiger charge is -2.43. The molecule has 18 heavy (non-hydrogen) atoms. The van der Waals surface area contributed by atoms with Crippen molar-refractivity contribution in [1.29, 1.82) is 0 Å². The standard InChI is InChI=1S/C13H21N3O2/c1-4-13(7-6-8-13)16-9(3)15-10(11(16)14)12(17)18-5-2/h4-8,14H2,1-3H3. The SMILES string of the molecule is CCOC(=O)c1nc(C)n(C2(CC)CCC2)c1N. The third-order valence-corrected chi connectivity index (χ3v) is 3.97. The summed E-state index contributed by atoms with van der Waals surface area (Å²) in [5, 5.41) is 0. The molecule has 0 atom stereocenters. The average molecular weight is 251 g/mol. The molecule has 5 nitrogen and oxygen atoms in total. The summed E-state index contributed by atoms with van der Waals surface area (Å²) in [7, 11) is 0. The summed E-state index contributed by atoms with van der Waals surface area (Å²) in [6.45, 7) is 6.16. The number of nitrogens with two attached hydrogens (primary N) is 1. The minimum absolute atomic E-state index is 0.0614. The second-order valence-corrected chi connectivity index (χ2v) is 4.88. The van der Waals surface area contributed by atoms with Crippen LogP contribution in [0.25, 0.3) is 0 Å². The van der Waals surface area contributed by atoms with Gasteiger partial charge in [-0.25, -0.2) is 9.78 Å². The molecular weight excluding hydrogens is 230 g/mol. The lowest BCUT2D eigenvalue weighted by Crippen LogP contribution is -2.41. The highest BCUT2D eigenvalue weighted by Gasteiger charge is 2.40. The van der Waals surface area contributed by atoms with Crippen LogP contribution in [0.15, 0.2) is 0 Å². The zero-order valence-electron chi connectivity index (χ0n) is 11.3. The second-order valence-electron chi connectivity index (χ2n) is 4.88. The summed E-state index contributed by atoms with van der Waals surface area (Å²) in [6.07, 6.45) is 4.43. The number of aryl methyl sites for hydroxylation is 1. The Bertz CT molecular complexity index is 456. The van der Waals surface area contributed by atoms with Crippen molar-refractivity contribution < 1.29 is 9.53 Å². The molecule has 1 aliphatic rings. The van der Waals surface area contributed by atoms with Gasteiger partial charge in [-0.3, -0.25) is 0 Å². The fourth-order valence-corrected chi connectivity index (χ4v) is 2.82. The monoisotopic (exact) mass is 251 g/mol. The van der Waals surface area contributed by atoms with E-state index >= 15 is 0 Å². The third-order valence-electron chi connectivity index (χ3n) is 3.97. The number of esters is 1. The van der Waals surface area contributed by atoms with E-state index in [1.807, 2.05) is 11.5 Å². The number of anilines is 1. The molecule has 1 aliphatic carbocycles. The Morgan fingerprint density at radius 1 is 1.50 bits per heavy atom.